The van der Waals surface area contributed by atoms with Gasteiger partial charge in [-0.3, -0.25) is 14.9 Å². The zero-order valence-electron chi connectivity index (χ0n) is 13.0. The minimum absolute atomic E-state index is 0. The molecule has 2 amide bonds. The lowest BCUT2D eigenvalue weighted by Crippen LogP contribution is -2.41. The van der Waals surface area contributed by atoms with Crippen LogP contribution in [0, 0.1) is 6.92 Å². The van der Waals surface area contributed by atoms with Crippen LogP contribution in [-0.4, -0.2) is 36.9 Å². The first-order chi connectivity index (χ1) is 10.8. The van der Waals surface area contributed by atoms with E-state index in [1.165, 1.54) is 0 Å². The fourth-order valence-electron chi connectivity index (χ4n) is 2.28. The molecule has 9 heteroatoms. The van der Waals surface area contributed by atoms with Gasteiger partial charge in [-0.25, -0.2) is 8.78 Å². The van der Waals surface area contributed by atoms with Crippen LogP contribution in [0.1, 0.15) is 18.4 Å². The Labute approximate surface area is 149 Å². The van der Waals surface area contributed by atoms with Gasteiger partial charge in [0.25, 0.3) is 5.92 Å². The molecule has 0 bridgehead atoms. The number of hydrogen-bond acceptors (Lipinski definition) is 3. The van der Waals surface area contributed by atoms with E-state index >= 15 is 0 Å². The van der Waals surface area contributed by atoms with Gasteiger partial charge in [-0.2, -0.15) is 0 Å². The van der Waals surface area contributed by atoms with Crippen LogP contribution in [0.2, 0.25) is 5.02 Å². The fraction of sp³-hybridized carbons (Fsp3) is 0.467. The van der Waals surface area contributed by atoms with Gasteiger partial charge in [-0.15, -0.1) is 12.4 Å². The van der Waals surface area contributed by atoms with Crippen molar-refractivity contribution in [2.45, 2.75) is 31.7 Å². The van der Waals surface area contributed by atoms with Crippen molar-refractivity contribution in [1.29, 1.82) is 0 Å². The predicted molar refractivity (Wildman–Crippen MR) is 91.0 cm³/mol. The molecule has 1 unspecified atom stereocenters. The highest BCUT2D eigenvalue weighted by molar-refractivity contribution is 6.31. The Morgan fingerprint density at radius 2 is 2.12 bits per heavy atom. The van der Waals surface area contributed by atoms with Crippen molar-refractivity contribution in [2.24, 2.45) is 0 Å². The number of amides is 2. The maximum Gasteiger partial charge on any atom is 0.262 e. The number of alkyl halides is 2. The molecular weight excluding hydrogens is 363 g/mol. The third kappa shape index (κ3) is 5.58. The van der Waals surface area contributed by atoms with Gasteiger partial charge in [0.15, 0.2) is 0 Å². The van der Waals surface area contributed by atoms with Crippen LogP contribution in [0.3, 0.4) is 0 Å². The summed E-state index contributed by atoms with van der Waals surface area (Å²) in [4.78, 5) is 23.6. The van der Waals surface area contributed by atoms with E-state index in [0.29, 0.717) is 10.7 Å². The van der Waals surface area contributed by atoms with Crippen LogP contribution in [0.4, 0.5) is 14.5 Å². The summed E-state index contributed by atoms with van der Waals surface area (Å²) >= 11 is 5.96. The van der Waals surface area contributed by atoms with Crippen LogP contribution in [0.15, 0.2) is 18.2 Å². The van der Waals surface area contributed by atoms with Crippen molar-refractivity contribution in [2.75, 3.05) is 18.4 Å². The van der Waals surface area contributed by atoms with Gasteiger partial charge in [0.2, 0.25) is 11.8 Å². The molecule has 3 N–H and O–H groups in total. The van der Waals surface area contributed by atoms with E-state index in [1.54, 1.807) is 25.1 Å². The van der Waals surface area contributed by atoms with Crippen molar-refractivity contribution >= 4 is 41.5 Å². The van der Waals surface area contributed by atoms with E-state index in [9.17, 15) is 18.4 Å². The molecule has 1 aliphatic heterocycles. The second-order valence-corrected chi connectivity index (χ2v) is 5.90. The Bertz CT molecular complexity index is 614. The standard InChI is InChI=1S/C15H18ClF2N3O2.ClH/c1-9-10(16)3-2-4-11(9)21-13(22)5-6-19-14(23)12-7-15(17,18)8-20-12;/h2-4,12,20H,5-8H2,1H3,(H,19,23)(H,21,22);1H. The quantitative estimate of drug-likeness (QED) is 0.733. The first-order valence-electron chi connectivity index (χ1n) is 7.22. The largest absolute Gasteiger partial charge is 0.354 e. The summed E-state index contributed by atoms with van der Waals surface area (Å²) in [6.07, 6.45) is -0.479. The summed E-state index contributed by atoms with van der Waals surface area (Å²) in [5.41, 5.74) is 1.36. The normalized spacial score (nSPS) is 18.6. The maximum atomic E-state index is 13.0. The molecule has 1 fully saturated rings. The second-order valence-electron chi connectivity index (χ2n) is 5.50. The highest BCUT2D eigenvalue weighted by atomic mass is 35.5. The fourth-order valence-corrected chi connectivity index (χ4v) is 2.45. The number of nitrogens with one attached hydrogen (secondary N) is 3. The van der Waals surface area contributed by atoms with Crippen LogP contribution in [0.5, 0.6) is 0 Å². The lowest BCUT2D eigenvalue weighted by Gasteiger charge is -2.12. The Balaban J connectivity index is 0.00000288. The maximum absolute atomic E-state index is 13.0. The first kappa shape index (κ1) is 20.6. The number of rotatable bonds is 5. The monoisotopic (exact) mass is 381 g/mol. The smallest absolute Gasteiger partial charge is 0.262 e. The van der Waals surface area contributed by atoms with Gasteiger partial charge in [-0.05, 0) is 24.6 Å². The molecule has 1 aromatic carbocycles. The summed E-state index contributed by atoms with van der Waals surface area (Å²) in [5, 5.41) is 8.19. The lowest BCUT2D eigenvalue weighted by molar-refractivity contribution is -0.123. The third-order valence-corrected chi connectivity index (χ3v) is 4.03. The Morgan fingerprint density at radius 3 is 2.75 bits per heavy atom. The Morgan fingerprint density at radius 1 is 1.42 bits per heavy atom. The van der Waals surface area contributed by atoms with Gasteiger partial charge in [0.05, 0.1) is 12.6 Å². The zero-order chi connectivity index (χ0) is 17.0. The minimum atomic E-state index is -2.86. The lowest BCUT2D eigenvalue weighted by atomic mass is 10.2. The third-order valence-electron chi connectivity index (χ3n) is 3.62. The van der Waals surface area contributed by atoms with Crippen molar-refractivity contribution < 1.29 is 18.4 Å². The molecular formula is C15H19Cl2F2N3O2. The summed E-state index contributed by atoms with van der Waals surface area (Å²) in [5.74, 6) is -3.67. The molecule has 1 atom stereocenters. The van der Waals surface area contributed by atoms with Gasteiger partial charge in [0, 0.05) is 30.1 Å². The Hall–Kier alpha value is -1.44. The number of anilines is 1. The topological polar surface area (TPSA) is 70.2 Å². The van der Waals surface area contributed by atoms with Crippen molar-refractivity contribution in [3.63, 3.8) is 0 Å². The highest BCUT2D eigenvalue weighted by Gasteiger charge is 2.42. The first-order valence-corrected chi connectivity index (χ1v) is 7.60. The number of halogens is 4. The molecule has 0 spiro atoms. The minimum Gasteiger partial charge on any atom is -0.354 e. The van der Waals surface area contributed by atoms with Gasteiger partial charge in [-0.1, -0.05) is 17.7 Å². The molecule has 1 aliphatic rings. The summed E-state index contributed by atoms with van der Waals surface area (Å²) < 4.78 is 26.0. The van der Waals surface area contributed by atoms with Gasteiger partial charge < -0.3 is 10.6 Å². The molecule has 134 valence electrons. The number of hydrogen-bond donors (Lipinski definition) is 3. The second kappa shape index (κ2) is 8.60. The van der Waals surface area contributed by atoms with Crippen molar-refractivity contribution in [3.05, 3.63) is 28.8 Å². The van der Waals surface area contributed by atoms with E-state index in [2.05, 4.69) is 16.0 Å². The van der Waals surface area contributed by atoms with E-state index in [-0.39, 0.29) is 31.3 Å². The Kier molecular flexibility index (Phi) is 7.38. The van der Waals surface area contributed by atoms with Gasteiger partial charge >= 0.3 is 0 Å². The van der Waals surface area contributed by atoms with Crippen LogP contribution in [-0.2, 0) is 9.59 Å². The van der Waals surface area contributed by atoms with Crippen molar-refractivity contribution in [1.82, 2.24) is 10.6 Å². The van der Waals surface area contributed by atoms with E-state index in [0.717, 1.165) is 5.56 Å². The number of carbonyl (C=O) groups excluding carboxylic acids is 2. The average Bonchev–Trinajstić information content (AvgIpc) is 2.84. The van der Waals surface area contributed by atoms with Crippen LogP contribution < -0.4 is 16.0 Å². The number of carbonyl (C=O) groups is 2. The molecule has 5 nitrogen and oxygen atoms in total. The molecule has 0 radical (unpaired) electrons. The molecule has 24 heavy (non-hydrogen) atoms. The van der Waals surface area contributed by atoms with E-state index < -0.39 is 30.8 Å². The average molecular weight is 382 g/mol. The summed E-state index contributed by atoms with van der Waals surface area (Å²) in [6.45, 7) is 1.36. The molecule has 1 heterocycles. The molecule has 0 aromatic heterocycles. The molecule has 1 aromatic rings. The van der Waals surface area contributed by atoms with E-state index in [1.807, 2.05) is 0 Å². The molecule has 0 aliphatic carbocycles. The zero-order valence-corrected chi connectivity index (χ0v) is 14.6. The van der Waals surface area contributed by atoms with Crippen LogP contribution >= 0.6 is 24.0 Å². The molecule has 0 saturated carbocycles. The van der Waals surface area contributed by atoms with Gasteiger partial charge in [0.1, 0.15) is 0 Å². The van der Waals surface area contributed by atoms with E-state index in [4.69, 9.17) is 11.6 Å². The summed E-state index contributed by atoms with van der Waals surface area (Å²) in [7, 11) is 0. The predicted octanol–water partition coefficient (Wildman–Crippen LogP) is 2.51. The number of benzene rings is 1. The molecule has 2 rings (SSSR count). The SMILES string of the molecule is Cc1c(Cl)cccc1NC(=O)CCNC(=O)C1CC(F)(F)CN1.Cl. The highest BCUT2D eigenvalue weighted by Crippen LogP contribution is 2.25. The van der Waals surface area contributed by atoms with Crippen molar-refractivity contribution in [3.8, 4) is 0 Å². The molecule has 1 saturated heterocycles. The van der Waals surface area contributed by atoms with Crippen LogP contribution in [0.25, 0.3) is 0 Å². The summed E-state index contributed by atoms with van der Waals surface area (Å²) in [6, 6.07) is 4.25.